The number of carbonyl (C=O) groups is 1. The average molecular weight is 466 g/mol. The standard InChI is InChI=1S/C15H13BrClF3N6O/c1-3-25-9(8(16)5-22-25)6-21-14(27)12-11(17)13-23-7(2)4-10(15(18,19)20)26(13)24-12/h4-5H,3,6H2,1-2H3,(H,21,27). The highest BCUT2D eigenvalue weighted by Gasteiger charge is 2.36. The van der Waals surface area contributed by atoms with Crippen LogP contribution in [-0.4, -0.2) is 30.3 Å². The maximum Gasteiger partial charge on any atom is 0.433 e. The van der Waals surface area contributed by atoms with Gasteiger partial charge in [-0.1, -0.05) is 11.6 Å². The molecule has 1 amide bonds. The molecule has 0 unspecified atom stereocenters. The summed E-state index contributed by atoms with van der Waals surface area (Å²) in [6.45, 7) is 3.97. The molecule has 0 fully saturated rings. The smallest absolute Gasteiger partial charge is 0.345 e. The van der Waals surface area contributed by atoms with Crippen LogP contribution in [0, 0.1) is 6.92 Å². The molecule has 0 bridgehead atoms. The third-order valence-electron chi connectivity index (χ3n) is 3.78. The molecule has 0 saturated heterocycles. The monoisotopic (exact) mass is 464 g/mol. The van der Waals surface area contributed by atoms with Crippen LogP contribution in [-0.2, 0) is 19.3 Å². The zero-order chi connectivity index (χ0) is 19.9. The van der Waals surface area contributed by atoms with Gasteiger partial charge < -0.3 is 5.32 Å². The Balaban J connectivity index is 1.96. The summed E-state index contributed by atoms with van der Waals surface area (Å²) in [4.78, 5) is 16.4. The summed E-state index contributed by atoms with van der Waals surface area (Å²) >= 11 is 9.43. The van der Waals surface area contributed by atoms with E-state index in [2.05, 4.69) is 36.4 Å². The number of nitrogens with zero attached hydrogens (tertiary/aromatic N) is 5. The second kappa shape index (κ2) is 7.12. The highest BCUT2D eigenvalue weighted by atomic mass is 79.9. The molecule has 1 N–H and O–H groups in total. The fourth-order valence-electron chi connectivity index (χ4n) is 2.54. The van der Waals surface area contributed by atoms with E-state index in [0.717, 1.165) is 6.07 Å². The van der Waals surface area contributed by atoms with E-state index in [4.69, 9.17) is 11.6 Å². The van der Waals surface area contributed by atoms with Crippen LogP contribution in [0.3, 0.4) is 0 Å². The number of aryl methyl sites for hydroxylation is 2. The Labute approximate surface area is 164 Å². The number of amides is 1. The molecule has 0 aliphatic rings. The van der Waals surface area contributed by atoms with Gasteiger partial charge in [-0.2, -0.15) is 23.4 Å². The van der Waals surface area contributed by atoms with Crippen molar-refractivity contribution in [2.75, 3.05) is 0 Å². The van der Waals surface area contributed by atoms with Crippen molar-refractivity contribution in [3.05, 3.63) is 44.5 Å². The Morgan fingerprint density at radius 1 is 1.41 bits per heavy atom. The number of nitrogens with one attached hydrogen (secondary N) is 1. The van der Waals surface area contributed by atoms with Crippen LogP contribution in [0.15, 0.2) is 16.7 Å². The topological polar surface area (TPSA) is 77.1 Å². The summed E-state index contributed by atoms with van der Waals surface area (Å²) in [5.41, 5.74) is -0.805. The molecule has 0 spiro atoms. The van der Waals surface area contributed by atoms with Crippen molar-refractivity contribution in [3.8, 4) is 0 Å². The Hall–Kier alpha value is -2.14. The maximum absolute atomic E-state index is 13.3. The van der Waals surface area contributed by atoms with E-state index < -0.39 is 17.8 Å². The van der Waals surface area contributed by atoms with E-state index in [1.54, 1.807) is 10.9 Å². The van der Waals surface area contributed by atoms with Gasteiger partial charge in [0, 0.05) is 12.2 Å². The van der Waals surface area contributed by atoms with Gasteiger partial charge in [-0.25, -0.2) is 9.50 Å². The third-order valence-corrected chi connectivity index (χ3v) is 4.79. The van der Waals surface area contributed by atoms with Crippen LogP contribution in [0.4, 0.5) is 13.2 Å². The van der Waals surface area contributed by atoms with Crippen molar-refractivity contribution in [2.45, 2.75) is 33.1 Å². The lowest BCUT2D eigenvalue weighted by atomic mass is 10.3. The summed E-state index contributed by atoms with van der Waals surface area (Å²) in [5, 5.41) is 10.2. The average Bonchev–Trinajstić information content (AvgIpc) is 3.11. The molecule has 0 aliphatic carbocycles. The molecule has 27 heavy (non-hydrogen) atoms. The Kier molecular flexibility index (Phi) is 5.17. The zero-order valence-corrected chi connectivity index (χ0v) is 16.4. The number of rotatable bonds is 4. The summed E-state index contributed by atoms with van der Waals surface area (Å²) in [6.07, 6.45) is -3.08. The van der Waals surface area contributed by atoms with Gasteiger partial charge in [0.05, 0.1) is 22.9 Å². The zero-order valence-electron chi connectivity index (χ0n) is 14.1. The van der Waals surface area contributed by atoms with Crippen LogP contribution in [0.5, 0.6) is 0 Å². The molecule has 0 saturated carbocycles. The SMILES string of the molecule is CCn1ncc(Br)c1CNC(=O)c1nn2c(C(F)(F)F)cc(C)nc2c1Cl. The lowest BCUT2D eigenvalue weighted by Crippen LogP contribution is -2.25. The van der Waals surface area contributed by atoms with Gasteiger partial charge in [-0.15, -0.1) is 0 Å². The highest BCUT2D eigenvalue weighted by Crippen LogP contribution is 2.32. The molecule has 3 aromatic rings. The Morgan fingerprint density at radius 3 is 2.74 bits per heavy atom. The Bertz CT molecular complexity index is 1030. The van der Waals surface area contributed by atoms with Crippen LogP contribution in [0.1, 0.15) is 34.5 Å². The first-order chi connectivity index (χ1) is 12.6. The van der Waals surface area contributed by atoms with Crippen molar-refractivity contribution >= 4 is 39.1 Å². The number of alkyl halides is 3. The minimum Gasteiger partial charge on any atom is -0.345 e. The molecule has 0 atom stereocenters. The van der Waals surface area contributed by atoms with Crippen LogP contribution < -0.4 is 5.32 Å². The van der Waals surface area contributed by atoms with Crippen LogP contribution in [0.2, 0.25) is 5.02 Å². The van der Waals surface area contributed by atoms with E-state index >= 15 is 0 Å². The summed E-state index contributed by atoms with van der Waals surface area (Å²) in [5.74, 6) is -0.716. The first-order valence-corrected chi connectivity index (χ1v) is 8.92. The van der Waals surface area contributed by atoms with Crippen molar-refractivity contribution in [3.63, 3.8) is 0 Å². The molecule has 3 aromatic heterocycles. The second-order valence-corrected chi connectivity index (χ2v) is 6.85. The molecule has 12 heteroatoms. The highest BCUT2D eigenvalue weighted by molar-refractivity contribution is 9.10. The number of fused-ring (bicyclic) bond motifs is 1. The first kappa shape index (κ1) is 19.6. The van der Waals surface area contributed by atoms with Gasteiger partial charge in [0.15, 0.2) is 11.3 Å². The summed E-state index contributed by atoms with van der Waals surface area (Å²) in [7, 11) is 0. The van der Waals surface area contributed by atoms with Crippen LogP contribution in [0.25, 0.3) is 5.65 Å². The van der Waals surface area contributed by atoms with E-state index in [-0.39, 0.29) is 28.6 Å². The lowest BCUT2D eigenvalue weighted by Gasteiger charge is -2.09. The minimum atomic E-state index is -4.67. The first-order valence-electron chi connectivity index (χ1n) is 7.75. The van der Waals surface area contributed by atoms with Gasteiger partial charge in [0.2, 0.25) is 0 Å². The molecule has 144 valence electrons. The normalized spacial score (nSPS) is 12.0. The lowest BCUT2D eigenvalue weighted by molar-refractivity contribution is -0.142. The molecule has 3 rings (SSSR count). The Morgan fingerprint density at radius 2 is 2.11 bits per heavy atom. The fraction of sp³-hybridized carbons (Fsp3) is 0.333. The quantitative estimate of drug-likeness (QED) is 0.638. The predicted octanol–water partition coefficient (Wildman–Crippen LogP) is 3.62. The van der Waals surface area contributed by atoms with Gasteiger partial charge >= 0.3 is 6.18 Å². The molecule has 3 heterocycles. The molecular formula is C15H13BrClF3N6O. The second-order valence-electron chi connectivity index (χ2n) is 5.62. The third kappa shape index (κ3) is 3.65. The minimum absolute atomic E-state index is 0.0933. The molecule has 7 nitrogen and oxygen atoms in total. The van der Waals surface area contributed by atoms with Crippen molar-refractivity contribution in [2.24, 2.45) is 0 Å². The predicted molar refractivity (Wildman–Crippen MR) is 94.5 cm³/mol. The van der Waals surface area contributed by atoms with Crippen molar-refractivity contribution < 1.29 is 18.0 Å². The fourth-order valence-corrected chi connectivity index (χ4v) is 3.23. The largest absolute Gasteiger partial charge is 0.433 e. The van der Waals surface area contributed by atoms with Crippen molar-refractivity contribution in [1.29, 1.82) is 0 Å². The van der Waals surface area contributed by atoms with Crippen molar-refractivity contribution in [1.82, 2.24) is 29.7 Å². The molecule has 0 aromatic carbocycles. The van der Waals surface area contributed by atoms with E-state index in [1.165, 1.54) is 6.92 Å². The molecule has 0 radical (unpaired) electrons. The summed E-state index contributed by atoms with van der Waals surface area (Å²) < 4.78 is 42.7. The number of carbonyl (C=O) groups excluding carboxylic acids is 1. The van der Waals surface area contributed by atoms with Gasteiger partial charge in [0.1, 0.15) is 10.7 Å². The summed E-state index contributed by atoms with van der Waals surface area (Å²) in [6, 6.07) is 0.842. The molecular weight excluding hydrogens is 453 g/mol. The number of hydrogen-bond donors (Lipinski definition) is 1. The van der Waals surface area contributed by atoms with Crippen LogP contribution >= 0.6 is 27.5 Å². The van der Waals surface area contributed by atoms with Gasteiger partial charge in [-0.05, 0) is 35.8 Å². The van der Waals surface area contributed by atoms with E-state index in [9.17, 15) is 18.0 Å². The number of halogens is 5. The van der Waals surface area contributed by atoms with E-state index in [0.29, 0.717) is 21.2 Å². The number of aromatic nitrogens is 5. The van der Waals surface area contributed by atoms with E-state index in [1.807, 2.05) is 6.92 Å². The number of hydrogen-bond acceptors (Lipinski definition) is 4. The van der Waals surface area contributed by atoms with Gasteiger partial charge in [0.25, 0.3) is 5.91 Å². The maximum atomic E-state index is 13.3. The molecule has 0 aliphatic heterocycles. The van der Waals surface area contributed by atoms with Gasteiger partial charge in [-0.3, -0.25) is 9.48 Å².